The minimum absolute atomic E-state index is 0.0109. The summed E-state index contributed by atoms with van der Waals surface area (Å²) in [5.74, 6) is -0.898. The van der Waals surface area contributed by atoms with Crippen molar-refractivity contribution in [2.75, 3.05) is 40.5 Å². The van der Waals surface area contributed by atoms with Crippen LogP contribution in [0.2, 0.25) is 0 Å². The summed E-state index contributed by atoms with van der Waals surface area (Å²) < 4.78 is 39.3. The number of rotatable bonds is 13. The minimum Gasteiger partial charge on any atom is -0.382 e. The molecule has 0 fully saturated rings. The molecule has 8 nitrogen and oxygen atoms in total. The molecule has 0 bridgehead atoms. The molecule has 2 aromatic rings. The van der Waals surface area contributed by atoms with E-state index in [2.05, 4.69) is 0 Å². The van der Waals surface area contributed by atoms with Gasteiger partial charge in [0.2, 0.25) is 10.0 Å². The number of fused-ring (bicyclic) bond motifs is 1. The maximum atomic E-state index is 13.3. The van der Waals surface area contributed by atoms with Crippen molar-refractivity contribution in [1.29, 1.82) is 0 Å². The number of benzene rings is 1. The van der Waals surface area contributed by atoms with Crippen LogP contribution in [0.1, 0.15) is 25.3 Å². The quantitative estimate of drug-likeness (QED) is 0.282. The molecule has 0 saturated carbocycles. The summed E-state index contributed by atoms with van der Waals surface area (Å²) in [6, 6.07) is 6.50. The molecule has 1 aromatic heterocycles. The number of carbonyl (C=O) groups is 1. The third-order valence-corrected chi connectivity index (χ3v) is 7.37. The van der Waals surface area contributed by atoms with Crippen LogP contribution in [0.5, 0.6) is 0 Å². The third kappa shape index (κ3) is 6.73. The fourth-order valence-electron chi connectivity index (χ4n) is 3.17. The standard InChI is InChI=1S/C20H30N2O6S2/c1-4-5-18(20(23)21(2)24)22(9-10-28-12-11-27-3)30(25,26)15-16-6-7-19-17(14-16)8-13-29-19/h6-8,13-14,18,24H,4-5,9-12,15H2,1-3H3. The van der Waals surface area contributed by atoms with Crippen molar-refractivity contribution < 1.29 is 27.9 Å². The fourth-order valence-corrected chi connectivity index (χ4v) is 5.64. The number of hydrogen-bond donors (Lipinski definition) is 1. The molecule has 0 spiro atoms. The van der Waals surface area contributed by atoms with Crippen molar-refractivity contribution in [3.63, 3.8) is 0 Å². The lowest BCUT2D eigenvalue weighted by Crippen LogP contribution is -2.50. The summed E-state index contributed by atoms with van der Waals surface area (Å²) >= 11 is 1.59. The number of sulfonamides is 1. The third-order valence-electron chi connectivity index (χ3n) is 4.62. The number of nitrogens with zero attached hydrogens (tertiary/aromatic N) is 2. The second-order valence-corrected chi connectivity index (χ2v) is 9.80. The Bertz CT molecular complexity index is 913. The number of carbonyl (C=O) groups excluding carboxylic acids is 1. The van der Waals surface area contributed by atoms with Crippen molar-refractivity contribution in [3.05, 3.63) is 35.2 Å². The van der Waals surface area contributed by atoms with E-state index < -0.39 is 22.0 Å². The van der Waals surface area contributed by atoms with E-state index in [1.165, 1.54) is 7.05 Å². The van der Waals surface area contributed by atoms with Gasteiger partial charge in [-0.15, -0.1) is 11.3 Å². The number of ether oxygens (including phenoxy) is 2. The molecule has 0 aliphatic heterocycles. The molecule has 2 rings (SSSR count). The van der Waals surface area contributed by atoms with E-state index in [9.17, 15) is 18.4 Å². The first-order chi connectivity index (χ1) is 14.3. The summed E-state index contributed by atoms with van der Waals surface area (Å²) in [5.41, 5.74) is 0.645. The number of amides is 1. The van der Waals surface area contributed by atoms with Crippen LogP contribution in [0.3, 0.4) is 0 Å². The van der Waals surface area contributed by atoms with Gasteiger partial charge in [0.15, 0.2) is 0 Å². The molecule has 1 unspecified atom stereocenters. The predicted octanol–water partition coefficient (Wildman–Crippen LogP) is 2.71. The molecule has 168 valence electrons. The average Bonchev–Trinajstić information content (AvgIpc) is 3.16. The zero-order valence-electron chi connectivity index (χ0n) is 17.6. The molecule has 0 radical (unpaired) electrons. The molecule has 1 N–H and O–H groups in total. The Balaban J connectivity index is 2.27. The van der Waals surface area contributed by atoms with Crippen molar-refractivity contribution in [2.45, 2.75) is 31.6 Å². The summed E-state index contributed by atoms with van der Waals surface area (Å²) in [7, 11) is -1.10. The Hall–Kier alpha value is -1.56. The average molecular weight is 459 g/mol. The van der Waals surface area contributed by atoms with Gasteiger partial charge in [0.1, 0.15) is 6.04 Å². The van der Waals surface area contributed by atoms with E-state index in [1.807, 2.05) is 30.5 Å². The molecule has 1 aromatic carbocycles. The van der Waals surface area contributed by atoms with Crippen LogP contribution in [-0.2, 0) is 30.0 Å². The van der Waals surface area contributed by atoms with Crippen LogP contribution in [0, 0.1) is 0 Å². The van der Waals surface area contributed by atoms with Crippen molar-refractivity contribution in [3.8, 4) is 0 Å². The zero-order valence-corrected chi connectivity index (χ0v) is 19.2. The minimum atomic E-state index is -3.85. The van der Waals surface area contributed by atoms with Crippen molar-refractivity contribution in [1.82, 2.24) is 9.37 Å². The molecular weight excluding hydrogens is 428 g/mol. The smallest absolute Gasteiger partial charge is 0.264 e. The molecule has 10 heteroatoms. The van der Waals surface area contributed by atoms with Crippen molar-refractivity contribution >= 4 is 37.4 Å². The van der Waals surface area contributed by atoms with Gasteiger partial charge < -0.3 is 9.47 Å². The Morgan fingerprint density at radius 3 is 2.67 bits per heavy atom. The maximum absolute atomic E-state index is 13.3. The Labute approximate surface area is 182 Å². The highest BCUT2D eigenvalue weighted by atomic mass is 32.2. The van der Waals surface area contributed by atoms with Crippen LogP contribution in [0.25, 0.3) is 10.1 Å². The molecule has 0 saturated heterocycles. The number of thiophene rings is 1. The van der Waals surface area contributed by atoms with Crippen LogP contribution in [-0.4, -0.2) is 75.5 Å². The van der Waals surface area contributed by atoms with E-state index in [1.54, 1.807) is 24.5 Å². The number of hydrogen-bond acceptors (Lipinski definition) is 7. The number of methoxy groups -OCH3 is 1. The van der Waals surface area contributed by atoms with Crippen LogP contribution >= 0.6 is 11.3 Å². The van der Waals surface area contributed by atoms with Gasteiger partial charge in [-0.2, -0.15) is 4.31 Å². The second-order valence-electron chi connectivity index (χ2n) is 6.93. The number of hydroxylamine groups is 2. The highest BCUT2D eigenvalue weighted by Crippen LogP contribution is 2.24. The lowest BCUT2D eigenvalue weighted by atomic mass is 10.1. The highest BCUT2D eigenvalue weighted by molar-refractivity contribution is 7.88. The summed E-state index contributed by atoms with van der Waals surface area (Å²) in [6.45, 7) is 2.71. The van der Waals surface area contributed by atoms with E-state index in [-0.39, 0.29) is 18.9 Å². The monoisotopic (exact) mass is 458 g/mol. The van der Waals surface area contributed by atoms with Gasteiger partial charge in [0.25, 0.3) is 5.91 Å². The van der Waals surface area contributed by atoms with Gasteiger partial charge in [-0.1, -0.05) is 19.4 Å². The van der Waals surface area contributed by atoms with Crippen LogP contribution < -0.4 is 0 Å². The van der Waals surface area contributed by atoms with Gasteiger partial charge in [-0.05, 0) is 40.9 Å². The summed E-state index contributed by atoms with van der Waals surface area (Å²) in [5, 5.41) is 13.1. The Kier molecular flexibility index (Phi) is 9.66. The molecule has 30 heavy (non-hydrogen) atoms. The molecule has 0 aliphatic carbocycles. The molecular formula is C20H30N2O6S2. The lowest BCUT2D eigenvalue weighted by molar-refractivity contribution is -0.164. The predicted molar refractivity (Wildman–Crippen MR) is 117 cm³/mol. The molecule has 0 aliphatic rings. The number of likely N-dealkylation sites (N-methyl/N-ethyl adjacent to an activating group) is 1. The van der Waals surface area contributed by atoms with E-state index in [0.717, 1.165) is 14.4 Å². The molecule has 1 amide bonds. The largest absolute Gasteiger partial charge is 0.382 e. The van der Waals surface area contributed by atoms with Crippen molar-refractivity contribution in [2.24, 2.45) is 0 Å². The van der Waals surface area contributed by atoms with Gasteiger partial charge in [-0.25, -0.2) is 13.5 Å². The first kappa shape index (κ1) is 24.7. The highest BCUT2D eigenvalue weighted by Gasteiger charge is 2.35. The summed E-state index contributed by atoms with van der Waals surface area (Å²) in [6.07, 6.45) is 0.881. The van der Waals surface area contributed by atoms with Gasteiger partial charge in [0, 0.05) is 25.4 Å². The zero-order chi connectivity index (χ0) is 22.1. The first-order valence-electron chi connectivity index (χ1n) is 9.79. The van der Waals surface area contributed by atoms with Crippen LogP contribution in [0.4, 0.5) is 0 Å². The molecule has 1 atom stereocenters. The lowest BCUT2D eigenvalue weighted by Gasteiger charge is -2.31. The van der Waals surface area contributed by atoms with Gasteiger partial charge >= 0.3 is 0 Å². The summed E-state index contributed by atoms with van der Waals surface area (Å²) in [4.78, 5) is 12.6. The maximum Gasteiger partial charge on any atom is 0.264 e. The normalized spacial score (nSPS) is 13.1. The van der Waals surface area contributed by atoms with E-state index in [0.29, 0.717) is 36.7 Å². The van der Waals surface area contributed by atoms with Gasteiger partial charge in [-0.3, -0.25) is 10.0 Å². The second kappa shape index (κ2) is 11.7. The molecule has 1 heterocycles. The topological polar surface area (TPSA) is 96.4 Å². The van der Waals surface area contributed by atoms with Gasteiger partial charge in [0.05, 0.1) is 25.6 Å². The Morgan fingerprint density at radius 1 is 1.23 bits per heavy atom. The van der Waals surface area contributed by atoms with E-state index in [4.69, 9.17) is 9.47 Å². The Morgan fingerprint density at radius 2 is 2.00 bits per heavy atom. The van der Waals surface area contributed by atoms with Crippen LogP contribution in [0.15, 0.2) is 29.6 Å². The SMILES string of the molecule is CCCC(C(=O)N(C)O)N(CCOCCOC)S(=O)(=O)Cc1ccc2sccc2c1. The van der Waals surface area contributed by atoms with E-state index >= 15 is 0 Å². The first-order valence-corrected chi connectivity index (χ1v) is 12.3. The fraction of sp³-hybridized carbons (Fsp3) is 0.550.